The normalized spacial score (nSPS) is 12.5. The van der Waals surface area contributed by atoms with Crippen molar-refractivity contribution in [3.63, 3.8) is 0 Å². The molecule has 0 aliphatic carbocycles. The second-order valence-electron chi connectivity index (χ2n) is 2.97. The summed E-state index contributed by atoms with van der Waals surface area (Å²) in [5, 5.41) is 0. The first-order valence-corrected chi connectivity index (χ1v) is 5.79. The highest BCUT2D eigenvalue weighted by molar-refractivity contribution is 7.99. The molecule has 0 saturated heterocycles. The molecule has 0 fully saturated rings. The van der Waals surface area contributed by atoms with Crippen molar-refractivity contribution in [1.82, 2.24) is 0 Å². The van der Waals surface area contributed by atoms with Crippen molar-refractivity contribution in [1.29, 1.82) is 0 Å². The Kier molecular flexibility index (Phi) is 8.24. The number of esters is 1. The smallest absolute Gasteiger partial charge is 0.306 e. The molecule has 4 heteroatoms. The minimum absolute atomic E-state index is 0.101. The van der Waals surface area contributed by atoms with Crippen LogP contribution in [0.5, 0.6) is 0 Å². The van der Waals surface area contributed by atoms with Crippen LogP contribution in [-0.4, -0.2) is 30.6 Å². The summed E-state index contributed by atoms with van der Waals surface area (Å²) in [6.45, 7) is 5.12. The van der Waals surface area contributed by atoms with E-state index in [-0.39, 0.29) is 5.97 Å². The highest BCUT2D eigenvalue weighted by atomic mass is 32.2. The molecule has 78 valence electrons. The zero-order chi connectivity index (χ0) is 10.1. The third kappa shape index (κ3) is 8.12. The fraction of sp³-hybridized carbons (Fsp3) is 0.889. The monoisotopic (exact) mass is 205 g/mol. The highest BCUT2D eigenvalue weighted by Crippen LogP contribution is 2.08. The van der Waals surface area contributed by atoms with Gasteiger partial charge in [0.05, 0.1) is 13.0 Å². The molecule has 1 unspecified atom stereocenters. The van der Waals surface area contributed by atoms with Gasteiger partial charge in [0, 0.05) is 5.75 Å². The number of rotatable bonds is 7. The van der Waals surface area contributed by atoms with Crippen LogP contribution < -0.4 is 5.73 Å². The molecule has 0 aromatic carbocycles. The number of thioether (sulfide) groups is 1. The summed E-state index contributed by atoms with van der Waals surface area (Å²) in [6.07, 6.45) is 0.510. The summed E-state index contributed by atoms with van der Waals surface area (Å²) in [7, 11) is 0. The molecule has 3 nitrogen and oxygen atoms in total. The number of carbonyl (C=O) groups is 1. The maximum atomic E-state index is 10.9. The molecule has 1 atom stereocenters. The number of hydrogen-bond acceptors (Lipinski definition) is 4. The Labute approximate surface area is 84.4 Å². The minimum Gasteiger partial charge on any atom is -0.466 e. The Morgan fingerprint density at radius 2 is 2.31 bits per heavy atom. The summed E-state index contributed by atoms with van der Waals surface area (Å²) < 4.78 is 4.80. The maximum absolute atomic E-state index is 10.9. The van der Waals surface area contributed by atoms with Gasteiger partial charge in [-0.3, -0.25) is 4.79 Å². The van der Waals surface area contributed by atoms with Gasteiger partial charge in [0.15, 0.2) is 0 Å². The third-order valence-electron chi connectivity index (χ3n) is 1.56. The number of nitrogens with two attached hydrogens (primary N) is 1. The van der Waals surface area contributed by atoms with E-state index in [1.165, 1.54) is 0 Å². The lowest BCUT2D eigenvalue weighted by molar-refractivity contribution is -0.142. The zero-order valence-corrected chi connectivity index (χ0v) is 9.23. The second kappa shape index (κ2) is 8.38. The lowest BCUT2D eigenvalue weighted by Gasteiger charge is -2.06. The Balaban J connectivity index is 3.20. The molecule has 0 saturated carbocycles. The van der Waals surface area contributed by atoms with Crippen LogP contribution in [0.4, 0.5) is 0 Å². The molecule has 0 aliphatic heterocycles. The van der Waals surface area contributed by atoms with Crippen molar-refractivity contribution in [3.05, 3.63) is 0 Å². The molecule has 0 aliphatic rings. The quantitative estimate of drug-likeness (QED) is 0.502. The fourth-order valence-corrected chi connectivity index (χ4v) is 1.76. The summed E-state index contributed by atoms with van der Waals surface area (Å²) in [6, 6.07) is 0. The van der Waals surface area contributed by atoms with Gasteiger partial charge in [-0.2, -0.15) is 11.8 Å². The molecule has 13 heavy (non-hydrogen) atoms. The third-order valence-corrected chi connectivity index (χ3v) is 2.86. The van der Waals surface area contributed by atoms with Crippen molar-refractivity contribution >= 4 is 17.7 Å². The van der Waals surface area contributed by atoms with E-state index in [0.717, 1.165) is 11.5 Å². The molecular formula is C9H19NO2S. The van der Waals surface area contributed by atoms with Crippen LogP contribution in [0.15, 0.2) is 0 Å². The largest absolute Gasteiger partial charge is 0.466 e. The van der Waals surface area contributed by atoms with E-state index in [1.807, 2.05) is 6.92 Å². The van der Waals surface area contributed by atoms with Gasteiger partial charge in [-0.05, 0) is 25.1 Å². The Bertz CT molecular complexity index is 142. The van der Waals surface area contributed by atoms with Gasteiger partial charge < -0.3 is 10.5 Å². The Morgan fingerprint density at radius 1 is 1.62 bits per heavy atom. The molecule has 0 bridgehead atoms. The van der Waals surface area contributed by atoms with E-state index in [4.69, 9.17) is 10.5 Å². The number of ether oxygens (including phenoxy) is 1. The van der Waals surface area contributed by atoms with Gasteiger partial charge in [0.1, 0.15) is 0 Å². The van der Waals surface area contributed by atoms with Gasteiger partial charge in [-0.15, -0.1) is 0 Å². The van der Waals surface area contributed by atoms with Crippen LogP contribution in [0, 0.1) is 5.92 Å². The maximum Gasteiger partial charge on any atom is 0.306 e. The van der Waals surface area contributed by atoms with Crippen molar-refractivity contribution in [2.75, 3.05) is 24.7 Å². The molecule has 0 heterocycles. The molecule has 0 spiro atoms. The van der Waals surface area contributed by atoms with Crippen molar-refractivity contribution in [2.45, 2.75) is 20.3 Å². The molecule has 0 aromatic rings. The van der Waals surface area contributed by atoms with Gasteiger partial charge >= 0.3 is 5.97 Å². The summed E-state index contributed by atoms with van der Waals surface area (Å²) in [5.41, 5.74) is 5.46. The predicted molar refractivity (Wildman–Crippen MR) is 56.8 cm³/mol. The first-order chi connectivity index (χ1) is 6.20. The standard InChI is InChI=1S/C9H19NO2S/c1-3-12-9(11)4-5-13-7-8(2)6-10/h8H,3-7,10H2,1-2H3. The predicted octanol–water partition coefficient (Wildman–Crippen LogP) is 1.27. The molecule has 0 amide bonds. The van der Waals surface area contributed by atoms with Crippen LogP contribution in [0.1, 0.15) is 20.3 Å². The molecule has 0 radical (unpaired) electrons. The summed E-state index contributed by atoms with van der Waals surface area (Å²) in [4.78, 5) is 10.9. The summed E-state index contributed by atoms with van der Waals surface area (Å²) in [5.74, 6) is 2.29. The van der Waals surface area contributed by atoms with E-state index in [9.17, 15) is 4.79 Å². The first kappa shape index (κ1) is 12.8. The average Bonchev–Trinajstić information content (AvgIpc) is 2.12. The number of hydrogen-bond donors (Lipinski definition) is 1. The van der Waals surface area contributed by atoms with Crippen molar-refractivity contribution in [3.8, 4) is 0 Å². The Morgan fingerprint density at radius 3 is 2.85 bits per heavy atom. The van der Waals surface area contributed by atoms with Crippen LogP contribution in [0.3, 0.4) is 0 Å². The van der Waals surface area contributed by atoms with Crippen LogP contribution >= 0.6 is 11.8 Å². The van der Waals surface area contributed by atoms with Crippen molar-refractivity contribution < 1.29 is 9.53 Å². The summed E-state index contributed by atoms with van der Waals surface area (Å²) >= 11 is 1.76. The van der Waals surface area contributed by atoms with Crippen molar-refractivity contribution in [2.24, 2.45) is 11.7 Å². The fourth-order valence-electron chi connectivity index (χ4n) is 0.741. The van der Waals surface area contributed by atoms with Gasteiger partial charge in [-0.25, -0.2) is 0 Å². The van der Waals surface area contributed by atoms with E-state index >= 15 is 0 Å². The zero-order valence-electron chi connectivity index (χ0n) is 8.41. The Hall–Kier alpha value is -0.220. The highest BCUT2D eigenvalue weighted by Gasteiger charge is 2.03. The molecule has 0 aromatic heterocycles. The van der Waals surface area contributed by atoms with Crippen LogP contribution in [0.25, 0.3) is 0 Å². The van der Waals surface area contributed by atoms with E-state index in [0.29, 0.717) is 25.5 Å². The molecule has 0 rings (SSSR count). The average molecular weight is 205 g/mol. The lowest BCUT2D eigenvalue weighted by atomic mass is 10.2. The van der Waals surface area contributed by atoms with E-state index in [1.54, 1.807) is 11.8 Å². The first-order valence-electron chi connectivity index (χ1n) is 4.64. The lowest BCUT2D eigenvalue weighted by Crippen LogP contribution is -2.13. The number of carbonyl (C=O) groups excluding carboxylic acids is 1. The van der Waals surface area contributed by atoms with E-state index < -0.39 is 0 Å². The minimum atomic E-state index is -0.101. The molecule has 2 N–H and O–H groups in total. The van der Waals surface area contributed by atoms with Crippen LogP contribution in [-0.2, 0) is 9.53 Å². The van der Waals surface area contributed by atoms with Crippen LogP contribution in [0.2, 0.25) is 0 Å². The van der Waals surface area contributed by atoms with Gasteiger partial charge in [-0.1, -0.05) is 6.92 Å². The molecular weight excluding hydrogens is 186 g/mol. The second-order valence-corrected chi connectivity index (χ2v) is 4.12. The SMILES string of the molecule is CCOC(=O)CCSCC(C)CN. The topological polar surface area (TPSA) is 52.3 Å². The van der Waals surface area contributed by atoms with Gasteiger partial charge in [0.2, 0.25) is 0 Å². The van der Waals surface area contributed by atoms with E-state index in [2.05, 4.69) is 6.92 Å². The van der Waals surface area contributed by atoms with Gasteiger partial charge in [0.25, 0.3) is 0 Å².